The second-order valence-electron chi connectivity index (χ2n) is 6.28. The lowest BCUT2D eigenvalue weighted by atomic mass is 10.0. The van der Waals surface area contributed by atoms with E-state index in [2.05, 4.69) is 55.3 Å². The van der Waals surface area contributed by atoms with Crippen LogP contribution in [0.5, 0.6) is 0 Å². The summed E-state index contributed by atoms with van der Waals surface area (Å²) in [6, 6.07) is 8.78. The van der Waals surface area contributed by atoms with Gasteiger partial charge in [0.15, 0.2) is 0 Å². The lowest BCUT2D eigenvalue weighted by molar-refractivity contribution is 0.581. The average Bonchev–Trinajstić information content (AvgIpc) is 2.59. The first-order valence-corrected chi connectivity index (χ1v) is 8.55. The van der Waals surface area contributed by atoms with Crippen molar-refractivity contribution in [2.24, 2.45) is 0 Å². The molecule has 1 aliphatic heterocycles. The number of rotatable bonds is 4. The van der Waals surface area contributed by atoms with Crippen molar-refractivity contribution in [3.8, 4) is 0 Å². The van der Waals surface area contributed by atoms with Crippen LogP contribution < -0.4 is 10.2 Å². The van der Waals surface area contributed by atoms with Gasteiger partial charge < -0.3 is 10.2 Å². The molecule has 4 nitrogen and oxygen atoms in total. The van der Waals surface area contributed by atoms with E-state index in [4.69, 9.17) is 9.97 Å². The zero-order chi connectivity index (χ0) is 16.2. The molecule has 1 N–H and O–H groups in total. The van der Waals surface area contributed by atoms with Crippen molar-refractivity contribution >= 4 is 5.82 Å². The van der Waals surface area contributed by atoms with Gasteiger partial charge in [-0.1, -0.05) is 36.8 Å². The molecule has 2 heterocycles. The maximum atomic E-state index is 4.88. The molecular weight excluding hydrogens is 284 g/mol. The van der Waals surface area contributed by atoms with Crippen molar-refractivity contribution in [2.75, 3.05) is 31.1 Å². The van der Waals surface area contributed by atoms with Gasteiger partial charge in [0.1, 0.15) is 11.6 Å². The number of anilines is 1. The summed E-state index contributed by atoms with van der Waals surface area (Å²) in [7, 11) is 0. The second kappa shape index (κ2) is 7.09. The molecule has 23 heavy (non-hydrogen) atoms. The number of aromatic nitrogens is 2. The summed E-state index contributed by atoms with van der Waals surface area (Å²) >= 11 is 0. The summed E-state index contributed by atoms with van der Waals surface area (Å²) in [4.78, 5) is 12.0. The lowest BCUT2D eigenvalue weighted by Gasteiger charge is -2.30. The fourth-order valence-electron chi connectivity index (χ4n) is 3.05. The first-order valence-electron chi connectivity index (χ1n) is 8.55. The predicted molar refractivity (Wildman–Crippen MR) is 95.2 cm³/mol. The minimum Gasteiger partial charge on any atom is -0.354 e. The van der Waals surface area contributed by atoms with Crippen molar-refractivity contribution in [2.45, 2.75) is 33.6 Å². The maximum absolute atomic E-state index is 4.88. The van der Waals surface area contributed by atoms with Crippen molar-refractivity contribution in [3.63, 3.8) is 0 Å². The highest BCUT2D eigenvalue weighted by atomic mass is 15.2. The van der Waals surface area contributed by atoms with Gasteiger partial charge in [0.2, 0.25) is 0 Å². The lowest BCUT2D eigenvalue weighted by Crippen LogP contribution is -2.44. The van der Waals surface area contributed by atoms with Gasteiger partial charge in [-0.05, 0) is 19.4 Å². The van der Waals surface area contributed by atoms with E-state index in [0.717, 1.165) is 56.4 Å². The van der Waals surface area contributed by atoms with Crippen LogP contribution in [0.1, 0.15) is 35.1 Å². The summed E-state index contributed by atoms with van der Waals surface area (Å²) in [6.07, 6.45) is 1.78. The monoisotopic (exact) mass is 310 g/mol. The van der Waals surface area contributed by atoms with E-state index in [1.165, 1.54) is 16.7 Å². The Morgan fingerprint density at radius 3 is 2.39 bits per heavy atom. The maximum Gasteiger partial charge on any atom is 0.136 e. The van der Waals surface area contributed by atoms with E-state index in [9.17, 15) is 0 Å². The van der Waals surface area contributed by atoms with Crippen LogP contribution in [0.4, 0.5) is 5.82 Å². The van der Waals surface area contributed by atoms with E-state index in [0.29, 0.717) is 0 Å². The first kappa shape index (κ1) is 15.9. The molecular formula is C19H26N4. The molecule has 0 amide bonds. The molecule has 0 spiro atoms. The number of nitrogens with zero attached hydrogens (tertiary/aromatic N) is 3. The Morgan fingerprint density at radius 2 is 1.74 bits per heavy atom. The van der Waals surface area contributed by atoms with E-state index < -0.39 is 0 Å². The van der Waals surface area contributed by atoms with Gasteiger partial charge >= 0.3 is 0 Å². The van der Waals surface area contributed by atoms with E-state index >= 15 is 0 Å². The molecule has 0 radical (unpaired) electrons. The van der Waals surface area contributed by atoms with Crippen LogP contribution >= 0.6 is 0 Å². The zero-order valence-electron chi connectivity index (χ0n) is 14.4. The van der Waals surface area contributed by atoms with Gasteiger partial charge in [-0.25, -0.2) is 9.97 Å². The van der Waals surface area contributed by atoms with Gasteiger partial charge in [-0.3, -0.25) is 0 Å². The summed E-state index contributed by atoms with van der Waals surface area (Å²) in [5, 5.41) is 3.42. The van der Waals surface area contributed by atoms with Crippen LogP contribution in [0.3, 0.4) is 0 Å². The Hall–Kier alpha value is -1.94. The average molecular weight is 310 g/mol. The molecule has 0 unspecified atom stereocenters. The van der Waals surface area contributed by atoms with E-state index in [1.807, 2.05) is 0 Å². The summed E-state index contributed by atoms with van der Waals surface area (Å²) in [6.45, 7) is 10.4. The van der Waals surface area contributed by atoms with Crippen LogP contribution in [0, 0.1) is 13.8 Å². The number of aryl methyl sites for hydroxylation is 3. The summed E-state index contributed by atoms with van der Waals surface area (Å²) in [5.41, 5.74) is 5.01. The number of benzene rings is 1. The molecule has 1 saturated heterocycles. The van der Waals surface area contributed by atoms with Crippen LogP contribution in [0.2, 0.25) is 0 Å². The molecule has 2 aromatic rings. The zero-order valence-corrected chi connectivity index (χ0v) is 14.4. The Labute approximate surface area is 139 Å². The van der Waals surface area contributed by atoms with Gasteiger partial charge in [0.05, 0.1) is 0 Å². The Morgan fingerprint density at radius 1 is 1.04 bits per heavy atom. The van der Waals surface area contributed by atoms with Crippen LogP contribution in [0.25, 0.3) is 0 Å². The smallest absolute Gasteiger partial charge is 0.136 e. The number of nitrogens with one attached hydrogen (secondary N) is 1. The summed E-state index contributed by atoms with van der Waals surface area (Å²) in [5.74, 6) is 2.08. The first-order chi connectivity index (χ1) is 11.2. The van der Waals surface area contributed by atoms with Crippen LogP contribution in [-0.2, 0) is 12.8 Å². The fourth-order valence-corrected chi connectivity index (χ4v) is 3.05. The van der Waals surface area contributed by atoms with Gasteiger partial charge in [0.25, 0.3) is 0 Å². The largest absolute Gasteiger partial charge is 0.354 e. The summed E-state index contributed by atoms with van der Waals surface area (Å²) < 4.78 is 0. The second-order valence-corrected chi connectivity index (χ2v) is 6.28. The number of piperazine rings is 1. The van der Waals surface area contributed by atoms with Gasteiger partial charge in [-0.2, -0.15) is 0 Å². The molecule has 1 aliphatic rings. The van der Waals surface area contributed by atoms with Gasteiger partial charge in [-0.15, -0.1) is 0 Å². The van der Waals surface area contributed by atoms with Crippen molar-refractivity contribution in [1.82, 2.24) is 15.3 Å². The minimum atomic E-state index is 0.880. The van der Waals surface area contributed by atoms with E-state index in [1.54, 1.807) is 0 Å². The highest BCUT2D eigenvalue weighted by Gasteiger charge is 2.19. The molecule has 0 saturated carbocycles. The minimum absolute atomic E-state index is 0.880. The van der Waals surface area contributed by atoms with Crippen molar-refractivity contribution in [3.05, 3.63) is 52.5 Å². The van der Waals surface area contributed by atoms with Crippen LogP contribution in [-0.4, -0.2) is 36.1 Å². The number of hydrogen-bond acceptors (Lipinski definition) is 4. The SMILES string of the molecule is CCc1nc(C)c(Cc2ccc(C)cc2)c(N2CCNCC2)n1. The topological polar surface area (TPSA) is 41.1 Å². The van der Waals surface area contributed by atoms with Gasteiger partial charge in [0, 0.05) is 50.3 Å². The third-order valence-electron chi connectivity index (χ3n) is 4.47. The molecule has 122 valence electrons. The number of hydrogen-bond donors (Lipinski definition) is 1. The molecule has 0 bridgehead atoms. The highest BCUT2D eigenvalue weighted by molar-refractivity contribution is 5.51. The molecule has 1 aromatic heterocycles. The third kappa shape index (κ3) is 3.70. The fraction of sp³-hybridized carbons (Fsp3) is 0.474. The molecule has 3 rings (SSSR count). The Bertz CT molecular complexity index is 658. The quantitative estimate of drug-likeness (QED) is 0.942. The molecule has 1 aromatic carbocycles. The molecule has 4 heteroatoms. The predicted octanol–water partition coefficient (Wildman–Crippen LogP) is 2.66. The molecule has 1 fully saturated rings. The highest BCUT2D eigenvalue weighted by Crippen LogP contribution is 2.24. The van der Waals surface area contributed by atoms with E-state index in [-0.39, 0.29) is 0 Å². The van der Waals surface area contributed by atoms with Crippen LogP contribution in [0.15, 0.2) is 24.3 Å². The van der Waals surface area contributed by atoms with Crippen molar-refractivity contribution < 1.29 is 0 Å². The van der Waals surface area contributed by atoms with Crippen molar-refractivity contribution in [1.29, 1.82) is 0 Å². The Balaban J connectivity index is 1.97. The molecule has 0 aliphatic carbocycles. The third-order valence-corrected chi connectivity index (χ3v) is 4.47. The standard InChI is InChI=1S/C19H26N4/c1-4-18-21-15(3)17(13-16-7-5-14(2)6-8-16)19(22-18)23-11-9-20-10-12-23/h5-8,20H,4,9-13H2,1-3H3. The molecule has 0 atom stereocenters. The normalized spacial score (nSPS) is 15.0. The Kier molecular flexibility index (Phi) is 4.91.